The van der Waals surface area contributed by atoms with Crippen molar-refractivity contribution in [2.24, 2.45) is 0 Å². The first-order valence-corrected chi connectivity index (χ1v) is 21.9. The molecule has 2 heteroatoms. The average molecular weight is 795 g/mol. The second kappa shape index (κ2) is 13.5. The van der Waals surface area contributed by atoms with E-state index in [4.69, 9.17) is 0 Å². The van der Waals surface area contributed by atoms with Gasteiger partial charge in [-0.3, -0.25) is 0 Å². The molecule has 0 aliphatic carbocycles. The van der Waals surface area contributed by atoms with Crippen molar-refractivity contribution in [3.05, 3.63) is 229 Å². The van der Waals surface area contributed by atoms with Crippen LogP contribution < -0.4 is 9.80 Å². The van der Waals surface area contributed by atoms with Gasteiger partial charge in [-0.05, 0) is 125 Å². The number of hydrogen-bond donors (Lipinski definition) is 0. The SMILES string of the molecule is CC1(C)c2ccccc2N(c2ccc3c(-c4cccc5ccccc45)c4cc(N5c6ccccc6C(C)(C)c6ccccc65)ccc4c(-c4ccccc4)c3c2)c2ccccc21. The Kier molecular flexibility index (Phi) is 7.96. The van der Waals surface area contributed by atoms with Crippen molar-refractivity contribution in [1.29, 1.82) is 0 Å². The standard InChI is InChI=1S/C60H46N2/c1-59(2)49-25-10-14-29-53(49)61(54-30-15-11-26-50(54)59)41-34-36-46-47(37-41)57(40-20-6-5-7-21-40)45-35-33-42(38-48(45)58(46)44-24-18-22-39-19-8-9-23-43(39)44)62-55-31-16-12-27-51(55)60(3,4)52-28-13-17-32-56(52)62/h5-38H,1-4H3. The summed E-state index contributed by atoms with van der Waals surface area (Å²) in [5.41, 5.74) is 17.1. The summed E-state index contributed by atoms with van der Waals surface area (Å²) in [4.78, 5) is 4.98. The molecule has 0 bridgehead atoms. The highest BCUT2D eigenvalue weighted by atomic mass is 15.2. The first-order chi connectivity index (χ1) is 30.3. The molecule has 0 saturated carbocycles. The van der Waals surface area contributed by atoms with Crippen LogP contribution in [0, 0.1) is 0 Å². The van der Waals surface area contributed by atoms with E-state index in [1.54, 1.807) is 0 Å². The highest BCUT2D eigenvalue weighted by molar-refractivity contribution is 6.24. The molecule has 2 aliphatic rings. The minimum absolute atomic E-state index is 0.143. The Morgan fingerprint density at radius 2 is 0.710 bits per heavy atom. The molecule has 0 radical (unpaired) electrons. The second-order valence-corrected chi connectivity index (χ2v) is 18.1. The molecular weight excluding hydrogens is 749 g/mol. The second-order valence-electron chi connectivity index (χ2n) is 18.1. The lowest BCUT2D eigenvalue weighted by atomic mass is 9.73. The summed E-state index contributed by atoms with van der Waals surface area (Å²) in [6, 6.07) is 76.9. The lowest BCUT2D eigenvalue weighted by molar-refractivity contribution is 0.632. The summed E-state index contributed by atoms with van der Waals surface area (Å²) < 4.78 is 0. The predicted octanol–water partition coefficient (Wildman–Crippen LogP) is 16.7. The van der Waals surface area contributed by atoms with Gasteiger partial charge in [0.15, 0.2) is 0 Å². The Morgan fingerprint density at radius 3 is 1.23 bits per heavy atom. The molecule has 2 aliphatic heterocycles. The normalized spacial score (nSPS) is 14.6. The lowest BCUT2D eigenvalue weighted by Crippen LogP contribution is -2.30. The lowest BCUT2D eigenvalue weighted by Gasteiger charge is -2.42. The predicted molar refractivity (Wildman–Crippen MR) is 263 cm³/mol. The zero-order valence-electron chi connectivity index (χ0n) is 35.5. The van der Waals surface area contributed by atoms with E-state index in [1.807, 2.05) is 0 Å². The molecule has 12 rings (SSSR count). The van der Waals surface area contributed by atoms with Gasteiger partial charge in [-0.1, -0.05) is 185 Å². The number of para-hydroxylation sites is 4. The molecule has 0 aromatic heterocycles. The summed E-state index contributed by atoms with van der Waals surface area (Å²) in [6.07, 6.45) is 0. The minimum Gasteiger partial charge on any atom is -0.310 e. The third-order valence-corrected chi connectivity index (χ3v) is 14.0. The Morgan fingerprint density at radius 1 is 0.306 bits per heavy atom. The van der Waals surface area contributed by atoms with E-state index in [1.165, 1.54) is 99.6 Å². The van der Waals surface area contributed by atoms with Gasteiger partial charge in [-0.25, -0.2) is 0 Å². The van der Waals surface area contributed by atoms with Gasteiger partial charge in [-0.2, -0.15) is 0 Å². The third kappa shape index (κ3) is 5.23. The van der Waals surface area contributed by atoms with Crippen LogP contribution in [0.5, 0.6) is 0 Å². The molecule has 0 spiro atoms. The third-order valence-electron chi connectivity index (χ3n) is 14.0. The minimum atomic E-state index is -0.145. The summed E-state index contributed by atoms with van der Waals surface area (Å²) in [6.45, 7) is 9.43. The van der Waals surface area contributed by atoms with Crippen LogP contribution in [-0.2, 0) is 10.8 Å². The number of benzene rings is 10. The van der Waals surface area contributed by atoms with E-state index in [9.17, 15) is 0 Å². The number of rotatable bonds is 4. The molecule has 10 aromatic carbocycles. The van der Waals surface area contributed by atoms with E-state index < -0.39 is 0 Å². The fourth-order valence-electron chi connectivity index (χ4n) is 11.0. The van der Waals surface area contributed by atoms with Gasteiger partial charge >= 0.3 is 0 Å². The van der Waals surface area contributed by atoms with E-state index in [2.05, 4.69) is 244 Å². The van der Waals surface area contributed by atoms with Crippen molar-refractivity contribution >= 4 is 66.4 Å². The number of fused-ring (bicyclic) bond motifs is 7. The Bertz CT molecular complexity index is 3320. The van der Waals surface area contributed by atoms with Crippen LogP contribution in [-0.4, -0.2) is 0 Å². The Balaban J connectivity index is 1.20. The summed E-state index contributed by atoms with van der Waals surface area (Å²) in [5.74, 6) is 0. The monoisotopic (exact) mass is 794 g/mol. The molecule has 2 heterocycles. The fourth-order valence-corrected chi connectivity index (χ4v) is 11.0. The summed E-state index contributed by atoms with van der Waals surface area (Å²) in [7, 11) is 0. The molecule has 0 atom stereocenters. The average Bonchev–Trinajstić information content (AvgIpc) is 3.31. The van der Waals surface area contributed by atoms with Crippen molar-refractivity contribution in [3.8, 4) is 22.3 Å². The molecular formula is C60H46N2. The van der Waals surface area contributed by atoms with Crippen LogP contribution in [0.2, 0.25) is 0 Å². The Labute approximate surface area is 364 Å². The van der Waals surface area contributed by atoms with Crippen LogP contribution in [0.4, 0.5) is 34.1 Å². The van der Waals surface area contributed by atoms with E-state index in [0.29, 0.717) is 0 Å². The topological polar surface area (TPSA) is 6.48 Å². The molecule has 10 aromatic rings. The van der Waals surface area contributed by atoms with Gasteiger partial charge in [0.25, 0.3) is 0 Å². The van der Waals surface area contributed by atoms with Crippen LogP contribution in [0.15, 0.2) is 206 Å². The van der Waals surface area contributed by atoms with Gasteiger partial charge in [0, 0.05) is 22.2 Å². The zero-order chi connectivity index (χ0) is 41.7. The van der Waals surface area contributed by atoms with Gasteiger partial charge in [0.1, 0.15) is 0 Å². The Hall–Kier alpha value is -7.42. The van der Waals surface area contributed by atoms with Crippen molar-refractivity contribution in [2.75, 3.05) is 9.80 Å². The van der Waals surface area contributed by atoms with Gasteiger partial charge in [0.2, 0.25) is 0 Å². The molecule has 62 heavy (non-hydrogen) atoms. The van der Waals surface area contributed by atoms with E-state index in [0.717, 1.165) is 11.4 Å². The molecule has 0 unspecified atom stereocenters. The van der Waals surface area contributed by atoms with Crippen LogP contribution >= 0.6 is 0 Å². The molecule has 0 amide bonds. The number of hydrogen-bond acceptors (Lipinski definition) is 2. The van der Waals surface area contributed by atoms with Gasteiger partial charge < -0.3 is 9.80 Å². The smallest absolute Gasteiger partial charge is 0.0502 e. The molecule has 0 N–H and O–H groups in total. The molecule has 2 nitrogen and oxygen atoms in total. The van der Waals surface area contributed by atoms with E-state index >= 15 is 0 Å². The number of nitrogens with zero attached hydrogens (tertiary/aromatic N) is 2. The van der Waals surface area contributed by atoms with Crippen molar-refractivity contribution in [1.82, 2.24) is 0 Å². The highest BCUT2D eigenvalue weighted by Gasteiger charge is 2.38. The van der Waals surface area contributed by atoms with Crippen LogP contribution in [0.1, 0.15) is 49.9 Å². The maximum atomic E-state index is 2.49. The first kappa shape index (κ1) is 36.4. The van der Waals surface area contributed by atoms with Crippen LogP contribution in [0.3, 0.4) is 0 Å². The van der Waals surface area contributed by atoms with E-state index in [-0.39, 0.29) is 10.8 Å². The maximum Gasteiger partial charge on any atom is 0.0502 e. The zero-order valence-corrected chi connectivity index (χ0v) is 35.5. The maximum absolute atomic E-state index is 2.49. The van der Waals surface area contributed by atoms with Crippen molar-refractivity contribution in [2.45, 2.75) is 38.5 Å². The molecule has 296 valence electrons. The highest BCUT2D eigenvalue weighted by Crippen LogP contribution is 2.55. The van der Waals surface area contributed by atoms with Crippen LogP contribution in [0.25, 0.3) is 54.6 Å². The first-order valence-electron chi connectivity index (χ1n) is 21.9. The quantitative estimate of drug-likeness (QED) is 0.164. The number of anilines is 6. The van der Waals surface area contributed by atoms with Crippen molar-refractivity contribution < 1.29 is 0 Å². The fraction of sp³-hybridized carbons (Fsp3) is 0.100. The molecule has 0 saturated heterocycles. The summed E-state index contributed by atoms with van der Waals surface area (Å²) in [5, 5.41) is 7.40. The largest absolute Gasteiger partial charge is 0.310 e. The van der Waals surface area contributed by atoms with Gasteiger partial charge in [-0.15, -0.1) is 0 Å². The summed E-state index contributed by atoms with van der Waals surface area (Å²) >= 11 is 0. The van der Waals surface area contributed by atoms with Crippen molar-refractivity contribution in [3.63, 3.8) is 0 Å². The molecule has 0 fully saturated rings. The van der Waals surface area contributed by atoms with Gasteiger partial charge in [0.05, 0.1) is 22.7 Å².